The molecular weight excluding hydrogens is 353 g/mol. The summed E-state index contributed by atoms with van der Waals surface area (Å²) >= 11 is 13.4. The van der Waals surface area contributed by atoms with E-state index >= 15 is 0 Å². The number of carbonyl (C=O) groups is 1. The van der Waals surface area contributed by atoms with Crippen molar-refractivity contribution in [2.45, 2.75) is 18.6 Å². The van der Waals surface area contributed by atoms with E-state index in [0.717, 1.165) is 11.1 Å². The Bertz CT molecular complexity index is 774. The molecule has 3 rings (SSSR count). The molecule has 1 aromatic carbocycles. The zero-order chi connectivity index (χ0) is 16.4. The van der Waals surface area contributed by atoms with Gasteiger partial charge in [-0.25, -0.2) is 9.98 Å². The largest absolute Gasteiger partial charge is 0.304 e. The minimum atomic E-state index is -0.257. The summed E-state index contributed by atoms with van der Waals surface area (Å²) in [5, 5.41) is 4.23. The van der Waals surface area contributed by atoms with Gasteiger partial charge >= 0.3 is 0 Å². The summed E-state index contributed by atoms with van der Waals surface area (Å²) < 4.78 is 0. The summed E-state index contributed by atoms with van der Waals surface area (Å²) in [5.74, 6) is 0.542. The van der Waals surface area contributed by atoms with Gasteiger partial charge in [0, 0.05) is 16.2 Å². The standard InChI is InChI=1S/C16H13Cl2N3OS/c1-9-3-2-4-19-14(9)20-16-21-15(22)13(23-16)7-10-5-11(17)8-12(18)6-10/h2-6,8,13H,7H2,1H3,(H,19,20,21,22). The van der Waals surface area contributed by atoms with Crippen molar-refractivity contribution in [3.63, 3.8) is 0 Å². The quantitative estimate of drug-likeness (QED) is 0.888. The molecule has 1 unspecified atom stereocenters. The summed E-state index contributed by atoms with van der Waals surface area (Å²) in [7, 11) is 0. The van der Waals surface area contributed by atoms with E-state index in [0.29, 0.717) is 27.5 Å². The maximum Gasteiger partial charge on any atom is 0.239 e. The Labute approximate surface area is 148 Å². The molecule has 0 radical (unpaired) electrons. The number of aryl methyl sites for hydroxylation is 1. The van der Waals surface area contributed by atoms with Gasteiger partial charge in [-0.05, 0) is 48.7 Å². The number of carbonyl (C=O) groups excluding carboxylic acids is 1. The highest BCUT2D eigenvalue weighted by Gasteiger charge is 2.30. The first-order valence-electron chi connectivity index (χ1n) is 6.94. The number of halogens is 2. The third kappa shape index (κ3) is 4.05. The van der Waals surface area contributed by atoms with Gasteiger partial charge < -0.3 is 5.32 Å². The Morgan fingerprint density at radius 3 is 2.74 bits per heavy atom. The number of benzene rings is 1. The first kappa shape index (κ1) is 16.3. The van der Waals surface area contributed by atoms with E-state index in [-0.39, 0.29) is 11.2 Å². The first-order chi connectivity index (χ1) is 11.0. The molecule has 23 heavy (non-hydrogen) atoms. The second-order valence-corrected chi connectivity index (χ2v) is 7.20. The van der Waals surface area contributed by atoms with Crippen molar-refractivity contribution in [1.29, 1.82) is 0 Å². The van der Waals surface area contributed by atoms with E-state index in [1.54, 1.807) is 12.3 Å². The van der Waals surface area contributed by atoms with Crippen LogP contribution in [0.4, 0.5) is 5.82 Å². The molecule has 1 atom stereocenters. The summed E-state index contributed by atoms with van der Waals surface area (Å²) in [6.07, 6.45) is 2.22. The number of hydrogen-bond acceptors (Lipinski definition) is 4. The Morgan fingerprint density at radius 2 is 2.04 bits per heavy atom. The molecular formula is C16H13Cl2N3OS. The van der Waals surface area contributed by atoms with E-state index in [9.17, 15) is 4.79 Å². The average molecular weight is 366 g/mol. The molecule has 1 aliphatic heterocycles. The fourth-order valence-corrected chi connectivity index (χ4v) is 3.81. The van der Waals surface area contributed by atoms with Gasteiger partial charge in [0.05, 0.1) is 5.25 Å². The zero-order valence-corrected chi connectivity index (χ0v) is 14.5. The maximum absolute atomic E-state index is 12.1. The van der Waals surface area contributed by atoms with Gasteiger partial charge in [0.2, 0.25) is 5.91 Å². The molecule has 1 fully saturated rings. The van der Waals surface area contributed by atoms with Crippen LogP contribution in [0.1, 0.15) is 11.1 Å². The molecule has 1 amide bonds. The minimum absolute atomic E-state index is 0.0709. The van der Waals surface area contributed by atoms with Crippen LogP contribution in [0, 0.1) is 6.92 Å². The number of aliphatic imine (C=N–C) groups is 1. The number of thioether (sulfide) groups is 1. The van der Waals surface area contributed by atoms with Crippen LogP contribution in [0.3, 0.4) is 0 Å². The van der Waals surface area contributed by atoms with Crippen molar-refractivity contribution < 1.29 is 4.79 Å². The fourth-order valence-electron chi connectivity index (χ4n) is 2.23. The van der Waals surface area contributed by atoms with Crippen LogP contribution in [-0.2, 0) is 11.2 Å². The molecule has 4 nitrogen and oxygen atoms in total. The highest BCUT2D eigenvalue weighted by atomic mass is 35.5. The van der Waals surface area contributed by atoms with Crippen molar-refractivity contribution in [3.05, 3.63) is 57.7 Å². The molecule has 0 saturated carbocycles. The lowest BCUT2D eigenvalue weighted by Crippen LogP contribution is -2.26. The van der Waals surface area contributed by atoms with Crippen molar-refractivity contribution in [3.8, 4) is 0 Å². The second-order valence-electron chi connectivity index (χ2n) is 5.14. The van der Waals surface area contributed by atoms with Crippen molar-refractivity contribution in [1.82, 2.24) is 10.3 Å². The Hall–Kier alpha value is -1.56. The molecule has 1 saturated heterocycles. The van der Waals surface area contributed by atoms with Crippen LogP contribution >= 0.6 is 35.0 Å². The van der Waals surface area contributed by atoms with Gasteiger partial charge in [0.15, 0.2) is 11.0 Å². The van der Waals surface area contributed by atoms with Crippen LogP contribution < -0.4 is 5.32 Å². The lowest BCUT2D eigenvalue weighted by molar-refractivity contribution is -0.118. The molecule has 0 aliphatic carbocycles. The van der Waals surface area contributed by atoms with Crippen LogP contribution in [-0.4, -0.2) is 21.3 Å². The minimum Gasteiger partial charge on any atom is -0.304 e. The number of amides is 1. The number of hydrogen-bond donors (Lipinski definition) is 1. The number of amidine groups is 1. The van der Waals surface area contributed by atoms with Gasteiger partial charge in [0.1, 0.15) is 0 Å². The average Bonchev–Trinajstić information content (AvgIpc) is 2.80. The number of aromatic nitrogens is 1. The summed E-state index contributed by atoms with van der Waals surface area (Å²) in [4.78, 5) is 20.8. The van der Waals surface area contributed by atoms with E-state index in [1.165, 1.54) is 11.8 Å². The molecule has 1 N–H and O–H groups in total. The van der Waals surface area contributed by atoms with Gasteiger partial charge in [-0.1, -0.05) is 41.0 Å². The molecule has 2 aromatic rings. The van der Waals surface area contributed by atoms with Crippen LogP contribution in [0.2, 0.25) is 10.0 Å². The lowest BCUT2D eigenvalue weighted by Gasteiger charge is -2.06. The SMILES string of the molecule is Cc1cccnc1/N=C1/NC(=O)C(Cc2cc(Cl)cc(Cl)c2)S1. The molecule has 118 valence electrons. The zero-order valence-electron chi connectivity index (χ0n) is 12.2. The van der Waals surface area contributed by atoms with Crippen LogP contribution in [0.25, 0.3) is 0 Å². The van der Waals surface area contributed by atoms with Crippen LogP contribution in [0.5, 0.6) is 0 Å². The van der Waals surface area contributed by atoms with Crippen molar-refractivity contribution >= 4 is 51.9 Å². The van der Waals surface area contributed by atoms with E-state index in [1.807, 2.05) is 31.2 Å². The smallest absolute Gasteiger partial charge is 0.239 e. The highest BCUT2D eigenvalue weighted by molar-refractivity contribution is 8.15. The number of pyridine rings is 1. The normalized spacial score (nSPS) is 19.2. The lowest BCUT2D eigenvalue weighted by atomic mass is 10.1. The molecule has 1 aromatic heterocycles. The Balaban J connectivity index is 1.76. The van der Waals surface area contributed by atoms with Crippen molar-refractivity contribution in [2.75, 3.05) is 0 Å². The molecule has 0 bridgehead atoms. The third-order valence-electron chi connectivity index (χ3n) is 3.31. The van der Waals surface area contributed by atoms with Gasteiger partial charge in [0.25, 0.3) is 0 Å². The second kappa shape index (κ2) is 6.91. The predicted octanol–water partition coefficient (Wildman–Crippen LogP) is 4.16. The number of rotatable bonds is 3. The molecule has 1 aliphatic rings. The molecule has 2 heterocycles. The fraction of sp³-hybridized carbons (Fsp3) is 0.188. The molecule has 0 spiro atoms. The molecule has 7 heteroatoms. The summed E-state index contributed by atoms with van der Waals surface area (Å²) in [6.45, 7) is 1.93. The van der Waals surface area contributed by atoms with Gasteiger partial charge in [-0.15, -0.1) is 0 Å². The highest BCUT2D eigenvalue weighted by Crippen LogP contribution is 2.28. The summed E-state index contributed by atoms with van der Waals surface area (Å²) in [6, 6.07) is 9.09. The van der Waals surface area contributed by atoms with E-state index in [4.69, 9.17) is 23.2 Å². The maximum atomic E-state index is 12.1. The third-order valence-corrected chi connectivity index (χ3v) is 4.83. The van der Waals surface area contributed by atoms with E-state index in [2.05, 4.69) is 15.3 Å². The monoisotopic (exact) mass is 365 g/mol. The topological polar surface area (TPSA) is 54.4 Å². The van der Waals surface area contributed by atoms with Gasteiger partial charge in [-0.3, -0.25) is 4.79 Å². The Kier molecular flexibility index (Phi) is 4.90. The first-order valence-corrected chi connectivity index (χ1v) is 8.57. The van der Waals surface area contributed by atoms with Gasteiger partial charge in [-0.2, -0.15) is 0 Å². The van der Waals surface area contributed by atoms with Crippen molar-refractivity contribution in [2.24, 2.45) is 4.99 Å². The summed E-state index contributed by atoms with van der Waals surface area (Å²) in [5.41, 5.74) is 1.88. The number of nitrogens with one attached hydrogen (secondary N) is 1. The predicted molar refractivity (Wildman–Crippen MR) is 95.8 cm³/mol. The Morgan fingerprint density at radius 1 is 1.30 bits per heavy atom. The number of nitrogens with zero attached hydrogens (tertiary/aromatic N) is 2. The van der Waals surface area contributed by atoms with E-state index < -0.39 is 0 Å². The van der Waals surface area contributed by atoms with Crippen LogP contribution in [0.15, 0.2) is 41.5 Å².